The normalized spacial score (nSPS) is 10.7. The molecule has 0 aliphatic heterocycles. The van der Waals surface area contributed by atoms with Gasteiger partial charge >= 0.3 is 5.97 Å². The number of aliphatic carboxylic acids is 1. The number of hydrogen-bond acceptors (Lipinski definition) is 3. The van der Waals surface area contributed by atoms with E-state index in [9.17, 15) is 9.59 Å². The molecule has 0 bridgehead atoms. The van der Waals surface area contributed by atoms with Crippen LogP contribution >= 0.6 is 0 Å². The molecular formula is C15H15N3O3. The molecule has 1 amide bonds. The van der Waals surface area contributed by atoms with Crippen LogP contribution in [0.25, 0.3) is 0 Å². The number of nitrogens with one attached hydrogen (secondary N) is 1. The fourth-order valence-corrected chi connectivity index (χ4v) is 1.81. The minimum absolute atomic E-state index is 0.507. The zero-order valence-corrected chi connectivity index (χ0v) is 11.5. The second-order valence-corrected chi connectivity index (χ2v) is 4.51. The van der Waals surface area contributed by atoms with E-state index in [2.05, 4.69) is 10.4 Å². The van der Waals surface area contributed by atoms with Gasteiger partial charge in [0.25, 0.3) is 0 Å². The van der Waals surface area contributed by atoms with Crippen molar-refractivity contribution in [3.63, 3.8) is 0 Å². The molecule has 108 valence electrons. The van der Waals surface area contributed by atoms with E-state index in [1.54, 1.807) is 10.9 Å². The number of carbonyl (C=O) groups excluding carboxylic acids is 1. The highest BCUT2D eigenvalue weighted by Crippen LogP contribution is 2.11. The lowest BCUT2D eigenvalue weighted by Crippen LogP contribution is -2.08. The molecule has 2 rings (SSSR count). The maximum absolute atomic E-state index is 11.4. The minimum atomic E-state index is -1.17. The summed E-state index contributed by atoms with van der Waals surface area (Å²) in [5.74, 6) is -1.67. The summed E-state index contributed by atoms with van der Waals surface area (Å²) in [5.41, 5.74) is 2.83. The van der Waals surface area contributed by atoms with E-state index in [0.717, 1.165) is 17.7 Å². The highest BCUT2D eigenvalue weighted by Gasteiger charge is 2.04. The van der Waals surface area contributed by atoms with Gasteiger partial charge in [0.15, 0.2) is 0 Å². The van der Waals surface area contributed by atoms with Gasteiger partial charge in [-0.25, -0.2) is 4.79 Å². The van der Waals surface area contributed by atoms with Crippen molar-refractivity contribution >= 4 is 17.6 Å². The zero-order valence-electron chi connectivity index (χ0n) is 11.5. The smallest absolute Gasteiger partial charge is 0.328 e. The number of rotatable bonds is 5. The lowest BCUT2D eigenvalue weighted by atomic mass is 10.1. The Morgan fingerprint density at radius 1 is 1.33 bits per heavy atom. The molecule has 21 heavy (non-hydrogen) atoms. The van der Waals surface area contributed by atoms with E-state index in [1.165, 1.54) is 11.8 Å². The van der Waals surface area contributed by atoms with Crippen molar-refractivity contribution in [2.75, 3.05) is 5.32 Å². The van der Waals surface area contributed by atoms with E-state index in [1.807, 2.05) is 31.2 Å². The number of hydrogen-bond donors (Lipinski definition) is 2. The zero-order chi connectivity index (χ0) is 15.2. The van der Waals surface area contributed by atoms with Crippen LogP contribution in [0.5, 0.6) is 0 Å². The number of nitrogens with zero attached hydrogens (tertiary/aromatic N) is 2. The Kier molecular flexibility index (Phi) is 4.50. The van der Waals surface area contributed by atoms with Crippen LogP contribution in [0, 0.1) is 6.92 Å². The molecule has 0 radical (unpaired) electrons. The summed E-state index contributed by atoms with van der Waals surface area (Å²) >= 11 is 0. The number of aromatic nitrogens is 2. The highest BCUT2D eigenvalue weighted by molar-refractivity contribution is 6.02. The molecule has 6 heteroatoms. The number of aryl methyl sites for hydroxylation is 1. The second-order valence-electron chi connectivity index (χ2n) is 4.51. The van der Waals surface area contributed by atoms with Gasteiger partial charge in [-0.1, -0.05) is 24.3 Å². The summed E-state index contributed by atoms with van der Waals surface area (Å²) in [7, 11) is 0. The van der Waals surface area contributed by atoms with E-state index >= 15 is 0 Å². The predicted molar refractivity (Wildman–Crippen MR) is 77.9 cm³/mol. The summed E-state index contributed by atoms with van der Waals surface area (Å²) in [6.07, 6.45) is 4.96. The fourth-order valence-electron chi connectivity index (χ4n) is 1.81. The Labute approximate surface area is 121 Å². The van der Waals surface area contributed by atoms with Gasteiger partial charge in [0, 0.05) is 18.3 Å². The quantitative estimate of drug-likeness (QED) is 0.821. The SMILES string of the molecule is Cc1ccccc1Cn1cc(NC(=O)/C=C/C(=O)O)cn1. The fraction of sp³-hybridized carbons (Fsp3) is 0.133. The largest absolute Gasteiger partial charge is 0.478 e. The second kappa shape index (κ2) is 6.51. The molecule has 2 aromatic rings. The Hall–Kier alpha value is -2.89. The van der Waals surface area contributed by atoms with Crippen molar-refractivity contribution in [1.29, 1.82) is 0 Å². The van der Waals surface area contributed by atoms with Crippen molar-refractivity contribution in [2.24, 2.45) is 0 Å². The molecule has 0 atom stereocenters. The van der Waals surface area contributed by atoms with E-state index in [0.29, 0.717) is 12.2 Å². The number of carboxylic acid groups (broad SMARTS) is 1. The van der Waals surface area contributed by atoms with Gasteiger partial charge in [-0.2, -0.15) is 5.10 Å². The number of benzene rings is 1. The van der Waals surface area contributed by atoms with Crippen LogP contribution in [-0.2, 0) is 16.1 Å². The van der Waals surface area contributed by atoms with Gasteiger partial charge < -0.3 is 10.4 Å². The number of carbonyl (C=O) groups is 2. The van der Waals surface area contributed by atoms with Crippen LogP contribution in [0.2, 0.25) is 0 Å². The minimum Gasteiger partial charge on any atom is -0.478 e. The third-order valence-corrected chi connectivity index (χ3v) is 2.87. The number of carboxylic acids is 1. The van der Waals surface area contributed by atoms with Crippen LogP contribution < -0.4 is 5.32 Å². The maximum atomic E-state index is 11.4. The first-order valence-corrected chi connectivity index (χ1v) is 6.33. The molecule has 0 fully saturated rings. The molecule has 0 unspecified atom stereocenters. The van der Waals surface area contributed by atoms with Crippen molar-refractivity contribution < 1.29 is 14.7 Å². The number of anilines is 1. The molecule has 0 aliphatic rings. The molecule has 1 aromatic heterocycles. The van der Waals surface area contributed by atoms with E-state index < -0.39 is 11.9 Å². The van der Waals surface area contributed by atoms with Crippen molar-refractivity contribution in [3.8, 4) is 0 Å². The third kappa shape index (κ3) is 4.31. The Morgan fingerprint density at radius 2 is 2.10 bits per heavy atom. The van der Waals surface area contributed by atoms with Gasteiger partial charge in [0.05, 0.1) is 18.4 Å². The van der Waals surface area contributed by atoms with Crippen molar-refractivity contribution in [1.82, 2.24) is 9.78 Å². The molecule has 0 spiro atoms. The molecule has 0 saturated carbocycles. The van der Waals surface area contributed by atoms with E-state index in [4.69, 9.17) is 5.11 Å². The summed E-state index contributed by atoms with van der Waals surface area (Å²) in [6, 6.07) is 7.98. The topological polar surface area (TPSA) is 84.2 Å². The van der Waals surface area contributed by atoms with E-state index in [-0.39, 0.29) is 0 Å². The predicted octanol–water partition coefficient (Wildman–Crippen LogP) is 1.82. The Morgan fingerprint density at radius 3 is 2.81 bits per heavy atom. The average Bonchev–Trinajstić information content (AvgIpc) is 2.86. The standard InChI is InChI=1S/C15H15N3O3/c1-11-4-2-3-5-12(11)9-18-10-13(8-16-18)17-14(19)6-7-15(20)21/h2-8,10H,9H2,1H3,(H,17,19)(H,20,21)/b7-6+. The monoisotopic (exact) mass is 285 g/mol. The Bertz CT molecular complexity index is 689. The number of amides is 1. The van der Waals surface area contributed by atoms with Crippen molar-refractivity contribution in [3.05, 3.63) is 59.9 Å². The molecule has 2 N–H and O–H groups in total. The lowest BCUT2D eigenvalue weighted by Gasteiger charge is -2.05. The first kappa shape index (κ1) is 14.5. The summed E-state index contributed by atoms with van der Waals surface area (Å²) in [4.78, 5) is 21.8. The van der Waals surface area contributed by atoms with Crippen LogP contribution in [0.4, 0.5) is 5.69 Å². The highest BCUT2D eigenvalue weighted by atomic mass is 16.4. The van der Waals surface area contributed by atoms with Gasteiger partial charge in [0.1, 0.15) is 0 Å². The third-order valence-electron chi connectivity index (χ3n) is 2.87. The van der Waals surface area contributed by atoms with Crippen molar-refractivity contribution in [2.45, 2.75) is 13.5 Å². The molecule has 6 nitrogen and oxygen atoms in total. The maximum Gasteiger partial charge on any atom is 0.328 e. The average molecular weight is 285 g/mol. The lowest BCUT2D eigenvalue weighted by molar-refractivity contribution is -0.131. The molecule has 1 heterocycles. The van der Waals surface area contributed by atoms with Crippen LogP contribution in [0.3, 0.4) is 0 Å². The van der Waals surface area contributed by atoms with Crippen LogP contribution in [0.15, 0.2) is 48.8 Å². The molecule has 0 saturated heterocycles. The first-order valence-electron chi connectivity index (χ1n) is 6.33. The summed E-state index contributed by atoms with van der Waals surface area (Å²) in [5, 5.41) is 15.1. The van der Waals surface area contributed by atoms with Gasteiger partial charge in [-0.3, -0.25) is 9.48 Å². The van der Waals surface area contributed by atoms with Gasteiger partial charge in [0.2, 0.25) is 5.91 Å². The van der Waals surface area contributed by atoms with Crippen LogP contribution in [0.1, 0.15) is 11.1 Å². The van der Waals surface area contributed by atoms with Gasteiger partial charge in [-0.15, -0.1) is 0 Å². The summed E-state index contributed by atoms with van der Waals surface area (Å²) < 4.78 is 1.71. The molecule has 1 aromatic carbocycles. The molecular weight excluding hydrogens is 270 g/mol. The van der Waals surface area contributed by atoms with Crippen LogP contribution in [-0.4, -0.2) is 26.8 Å². The Balaban J connectivity index is 2.00. The summed E-state index contributed by atoms with van der Waals surface area (Å²) in [6.45, 7) is 2.63. The molecule has 0 aliphatic carbocycles. The first-order chi connectivity index (χ1) is 10.0. The van der Waals surface area contributed by atoms with Gasteiger partial charge in [-0.05, 0) is 18.1 Å².